The van der Waals surface area contributed by atoms with E-state index in [9.17, 15) is 4.79 Å². The van der Waals surface area contributed by atoms with Gasteiger partial charge in [-0.05, 0) is 17.7 Å². The molecule has 2 atom stereocenters. The number of carbonyl (C=O) groups excluding carboxylic acids is 1. The van der Waals surface area contributed by atoms with Gasteiger partial charge in [0.05, 0.1) is 13.7 Å². The monoisotopic (exact) mass is 263 g/mol. The highest BCUT2D eigenvalue weighted by molar-refractivity contribution is 5.79. The van der Waals surface area contributed by atoms with Gasteiger partial charge in [0.1, 0.15) is 12.7 Å². The van der Waals surface area contributed by atoms with Crippen molar-refractivity contribution in [2.24, 2.45) is 0 Å². The molecule has 2 aliphatic rings. The third kappa shape index (κ3) is 2.81. The van der Waals surface area contributed by atoms with Crippen LogP contribution < -0.4 is 14.8 Å². The molecular weight excluding hydrogens is 246 g/mol. The molecule has 2 heterocycles. The highest BCUT2D eigenvalue weighted by Gasteiger charge is 2.25. The second-order valence-corrected chi connectivity index (χ2v) is 4.88. The minimum atomic E-state index is 0.107. The normalized spacial score (nSPS) is 25.0. The molecule has 0 aromatic heterocycles. The molecule has 2 fully saturated rings. The van der Waals surface area contributed by atoms with Crippen LogP contribution in [0.4, 0.5) is 0 Å². The fourth-order valence-electron chi connectivity index (χ4n) is 2.25. The van der Waals surface area contributed by atoms with E-state index in [0.29, 0.717) is 25.3 Å². The van der Waals surface area contributed by atoms with E-state index in [1.54, 1.807) is 7.11 Å². The third-order valence-corrected chi connectivity index (χ3v) is 3.46. The van der Waals surface area contributed by atoms with Crippen molar-refractivity contribution in [3.8, 4) is 11.5 Å². The van der Waals surface area contributed by atoms with Gasteiger partial charge < -0.3 is 19.5 Å². The quantitative estimate of drug-likeness (QED) is 0.807. The maximum Gasteiger partial charge on any atom is 0.220 e. The maximum atomic E-state index is 11.3. The van der Waals surface area contributed by atoms with Crippen LogP contribution in [0, 0.1) is 0 Å². The molecule has 2 unspecified atom stereocenters. The summed E-state index contributed by atoms with van der Waals surface area (Å²) in [6, 6.07) is 5.85. The molecule has 5 heteroatoms. The average molecular weight is 263 g/mol. The molecule has 1 N–H and O–H groups in total. The number of hydrogen-bond donors (Lipinski definition) is 1. The number of amides is 1. The molecule has 1 aromatic rings. The topological polar surface area (TPSA) is 60.1 Å². The lowest BCUT2D eigenvalue weighted by Gasteiger charge is -2.14. The second kappa shape index (κ2) is 5.09. The second-order valence-electron chi connectivity index (χ2n) is 4.88. The van der Waals surface area contributed by atoms with Crippen LogP contribution in [0.2, 0.25) is 0 Å². The Bertz CT molecular complexity index is 484. The van der Waals surface area contributed by atoms with Crippen molar-refractivity contribution in [3.05, 3.63) is 23.8 Å². The summed E-state index contributed by atoms with van der Waals surface area (Å²) in [4.78, 5) is 11.3. The first-order valence-corrected chi connectivity index (χ1v) is 6.45. The van der Waals surface area contributed by atoms with E-state index in [0.717, 1.165) is 17.9 Å². The van der Waals surface area contributed by atoms with E-state index < -0.39 is 0 Å². The molecular formula is C14H17NO4. The van der Waals surface area contributed by atoms with Gasteiger partial charge in [-0.1, -0.05) is 6.07 Å². The molecule has 19 heavy (non-hydrogen) atoms. The molecule has 0 aliphatic carbocycles. The number of rotatable bonds is 5. The van der Waals surface area contributed by atoms with Crippen molar-refractivity contribution >= 4 is 5.91 Å². The van der Waals surface area contributed by atoms with Gasteiger partial charge in [-0.15, -0.1) is 0 Å². The lowest BCUT2D eigenvalue weighted by atomic mass is 9.98. The molecule has 0 spiro atoms. The van der Waals surface area contributed by atoms with Gasteiger partial charge in [0.25, 0.3) is 0 Å². The zero-order valence-electron chi connectivity index (χ0n) is 10.8. The zero-order chi connectivity index (χ0) is 13.2. The summed E-state index contributed by atoms with van der Waals surface area (Å²) in [5.74, 6) is 1.76. The number of epoxide rings is 1. The van der Waals surface area contributed by atoms with E-state index in [2.05, 4.69) is 5.32 Å². The van der Waals surface area contributed by atoms with Gasteiger partial charge >= 0.3 is 0 Å². The van der Waals surface area contributed by atoms with Crippen LogP contribution in [0.3, 0.4) is 0 Å². The van der Waals surface area contributed by atoms with Gasteiger partial charge in [0.2, 0.25) is 5.91 Å². The molecule has 102 valence electrons. The van der Waals surface area contributed by atoms with Crippen molar-refractivity contribution in [1.82, 2.24) is 5.32 Å². The minimum absolute atomic E-state index is 0.107. The van der Waals surface area contributed by atoms with Crippen molar-refractivity contribution in [3.63, 3.8) is 0 Å². The number of benzene rings is 1. The molecule has 0 saturated carbocycles. The van der Waals surface area contributed by atoms with Crippen LogP contribution in [0.15, 0.2) is 18.2 Å². The minimum Gasteiger partial charge on any atom is -0.493 e. The summed E-state index contributed by atoms with van der Waals surface area (Å²) < 4.78 is 16.1. The molecule has 5 nitrogen and oxygen atoms in total. The number of methoxy groups -OCH3 is 1. The lowest BCUT2D eigenvalue weighted by molar-refractivity contribution is -0.119. The Balaban J connectivity index is 1.73. The number of hydrogen-bond acceptors (Lipinski definition) is 4. The smallest absolute Gasteiger partial charge is 0.220 e. The molecule has 0 radical (unpaired) electrons. The Hall–Kier alpha value is -1.75. The Labute approximate surface area is 111 Å². The van der Waals surface area contributed by atoms with Gasteiger partial charge in [-0.3, -0.25) is 4.79 Å². The SMILES string of the molecule is COc1cc(C2CNC(=O)C2)ccc1OCC1CO1. The molecule has 2 aliphatic heterocycles. The Morgan fingerprint density at radius 3 is 2.89 bits per heavy atom. The van der Waals surface area contributed by atoms with E-state index in [4.69, 9.17) is 14.2 Å². The van der Waals surface area contributed by atoms with Crippen LogP contribution in [0.5, 0.6) is 11.5 Å². The van der Waals surface area contributed by atoms with Crippen LogP contribution >= 0.6 is 0 Å². The number of nitrogens with one attached hydrogen (secondary N) is 1. The predicted octanol–water partition coefficient (Wildman–Crippen LogP) is 1.08. The van der Waals surface area contributed by atoms with Crippen LogP contribution in [0.25, 0.3) is 0 Å². The number of carbonyl (C=O) groups is 1. The summed E-state index contributed by atoms with van der Waals surface area (Å²) in [5.41, 5.74) is 1.10. The van der Waals surface area contributed by atoms with E-state index in [-0.39, 0.29) is 17.9 Å². The Morgan fingerprint density at radius 2 is 2.26 bits per heavy atom. The van der Waals surface area contributed by atoms with Crippen LogP contribution in [-0.4, -0.2) is 38.9 Å². The van der Waals surface area contributed by atoms with Crippen molar-refractivity contribution in [2.75, 3.05) is 26.9 Å². The largest absolute Gasteiger partial charge is 0.493 e. The summed E-state index contributed by atoms with van der Waals surface area (Å²) in [6.07, 6.45) is 0.764. The zero-order valence-corrected chi connectivity index (χ0v) is 10.8. The van der Waals surface area contributed by atoms with Crippen molar-refractivity contribution in [1.29, 1.82) is 0 Å². The van der Waals surface area contributed by atoms with Crippen molar-refractivity contribution in [2.45, 2.75) is 18.4 Å². The predicted molar refractivity (Wildman–Crippen MR) is 68.6 cm³/mol. The molecule has 1 aromatic carbocycles. The fourth-order valence-corrected chi connectivity index (χ4v) is 2.25. The first kappa shape index (κ1) is 12.3. The highest BCUT2D eigenvalue weighted by atomic mass is 16.6. The standard InChI is InChI=1S/C14H17NO4/c1-17-13-4-9(10-5-14(16)15-6-10)2-3-12(13)19-8-11-7-18-11/h2-4,10-11H,5-8H2,1H3,(H,15,16). The Morgan fingerprint density at radius 1 is 1.42 bits per heavy atom. The Kier molecular flexibility index (Phi) is 3.29. The van der Waals surface area contributed by atoms with Crippen molar-refractivity contribution < 1.29 is 19.0 Å². The summed E-state index contributed by atoms with van der Waals surface area (Å²) >= 11 is 0. The van der Waals surface area contributed by atoms with Gasteiger partial charge in [-0.2, -0.15) is 0 Å². The van der Waals surface area contributed by atoms with Gasteiger partial charge in [0, 0.05) is 18.9 Å². The first-order valence-electron chi connectivity index (χ1n) is 6.45. The average Bonchev–Trinajstić information content (AvgIpc) is 3.16. The molecule has 3 rings (SSSR count). The summed E-state index contributed by atoms with van der Waals surface area (Å²) in [7, 11) is 1.62. The van der Waals surface area contributed by atoms with E-state index in [1.807, 2.05) is 18.2 Å². The summed E-state index contributed by atoms with van der Waals surface area (Å²) in [5, 5.41) is 2.84. The van der Waals surface area contributed by atoms with E-state index >= 15 is 0 Å². The fraction of sp³-hybridized carbons (Fsp3) is 0.500. The van der Waals surface area contributed by atoms with E-state index in [1.165, 1.54) is 0 Å². The molecule has 1 amide bonds. The summed E-state index contributed by atoms with van der Waals surface area (Å²) in [6.45, 7) is 2.02. The highest BCUT2D eigenvalue weighted by Crippen LogP contribution is 2.33. The first-order chi connectivity index (χ1) is 9.26. The van der Waals surface area contributed by atoms with Gasteiger partial charge in [-0.25, -0.2) is 0 Å². The molecule has 0 bridgehead atoms. The van der Waals surface area contributed by atoms with Crippen LogP contribution in [0.1, 0.15) is 17.9 Å². The van der Waals surface area contributed by atoms with Crippen LogP contribution in [-0.2, 0) is 9.53 Å². The van der Waals surface area contributed by atoms with Gasteiger partial charge in [0.15, 0.2) is 11.5 Å². The maximum absolute atomic E-state index is 11.3. The third-order valence-electron chi connectivity index (χ3n) is 3.46. The number of ether oxygens (including phenoxy) is 3. The molecule has 2 saturated heterocycles. The lowest BCUT2D eigenvalue weighted by Crippen LogP contribution is -2.13.